The van der Waals surface area contributed by atoms with E-state index in [1.165, 1.54) is 12.0 Å². The van der Waals surface area contributed by atoms with Crippen molar-refractivity contribution in [1.29, 1.82) is 0 Å². The number of allylic oxidation sites excluding steroid dienone is 1. The fraction of sp³-hybridized carbons (Fsp3) is 0.333. The van der Waals surface area contributed by atoms with E-state index in [0.717, 1.165) is 5.92 Å². The van der Waals surface area contributed by atoms with Crippen molar-refractivity contribution in [2.24, 2.45) is 0 Å². The van der Waals surface area contributed by atoms with Crippen molar-refractivity contribution < 1.29 is 0 Å². The molecule has 0 nitrogen and oxygen atoms in total. The van der Waals surface area contributed by atoms with Gasteiger partial charge in [-0.05, 0) is 29.3 Å². The summed E-state index contributed by atoms with van der Waals surface area (Å²) in [5.74, 6) is 0.750. The van der Waals surface area contributed by atoms with Crippen LogP contribution in [0.4, 0.5) is 0 Å². The van der Waals surface area contributed by atoms with Gasteiger partial charge in [0.25, 0.3) is 0 Å². The van der Waals surface area contributed by atoms with Gasteiger partial charge in [0.05, 0.1) is 0 Å². The second-order valence-electron chi connectivity index (χ2n) is 2.78. The number of hydrogen-bond acceptors (Lipinski definition) is 1. The molecule has 0 aliphatic heterocycles. The smallest absolute Gasteiger partial charge is 0.0149 e. The predicted molar refractivity (Wildman–Crippen MR) is 46.4 cm³/mol. The van der Waals surface area contributed by atoms with E-state index < -0.39 is 0 Å². The standard InChI is InChI=1S/C9H10S/c1-7-3-2-4-8-5-6-10-9(7)8/h2,4-7H,3H2,1H3. The summed E-state index contributed by atoms with van der Waals surface area (Å²) in [6.07, 6.45) is 5.71. The Balaban J connectivity index is 2.52. The molecular weight excluding hydrogens is 140 g/mol. The molecule has 0 aromatic carbocycles. The van der Waals surface area contributed by atoms with Crippen LogP contribution in [0.2, 0.25) is 0 Å². The molecule has 2 rings (SSSR count). The average molecular weight is 150 g/mol. The molecule has 52 valence electrons. The Morgan fingerprint density at radius 3 is 3.30 bits per heavy atom. The normalized spacial score (nSPS) is 22.7. The van der Waals surface area contributed by atoms with Crippen LogP contribution in [0.3, 0.4) is 0 Å². The fourth-order valence-corrected chi connectivity index (χ4v) is 2.34. The third-order valence-corrected chi connectivity index (χ3v) is 3.13. The van der Waals surface area contributed by atoms with Crippen LogP contribution in [0.15, 0.2) is 17.5 Å². The third-order valence-electron chi connectivity index (χ3n) is 1.96. The van der Waals surface area contributed by atoms with E-state index in [0.29, 0.717) is 0 Å². The van der Waals surface area contributed by atoms with Gasteiger partial charge in [-0.15, -0.1) is 11.3 Å². The van der Waals surface area contributed by atoms with Crippen LogP contribution in [0.5, 0.6) is 0 Å². The molecule has 1 unspecified atom stereocenters. The number of fused-ring (bicyclic) bond motifs is 1. The van der Waals surface area contributed by atoms with Crippen LogP contribution >= 0.6 is 11.3 Å². The Morgan fingerprint density at radius 2 is 2.50 bits per heavy atom. The van der Waals surface area contributed by atoms with Gasteiger partial charge in [0.1, 0.15) is 0 Å². The minimum absolute atomic E-state index is 0.750. The van der Waals surface area contributed by atoms with Crippen LogP contribution in [0, 0.1) is 0 Å². The van der Waals surface area contributed by atoms with Crippen molar-refractivity contribution in [3.05, 3.63) is 28.0 Å². The SMILES string of the molecule is CC1CC=Cc2ccsc21. The zero-order valence-electron chi connectivity index (χ0n) is 6.00. The molecule has 0 saturated carbocycles. The zero-order chi connectivity index (χ0) is 6.97. The van der Waals surface area contributed by atoms with Crippen LogP contribution in [0.25, 0.3) is 6.08 Å². The van der Waals surface area contributed by atoms with E-state index in [1.54, 1.807) is 4.88 Å². The second-order valence-corrected chi connectivity index (χ2v) is 3.73. The maximum absolute atomic E-state index is 2.29. The maximum Gasteiger partial charge on any atom is 0.0149 e. The van der Waals surface area contributed by atoms with Gasteiger partial charge in [-0.3, -0.25) is 0 Å². The van der Waals surface area contributed by atoms with Crippen molar-refractivity contribution in [2.45, 2.75) is 19.3 Å². The van der Waals surface area contributed by atoms with Gasteiger partial charge in [0.2, 0.25) is 0 Å². The minimum Gasteiger partial charge on any atom is -0.148 e. The van der Waals surface area contributed by atoms with Gasteiger partial charge in [-0.1, -0.05) is 19.1 Å². The molecule has 1 aromatic rings. The molecule has 1 aliphatic carbocycles. The molecule has 0 bridgehead atoms. The highest BCUT2D eigenvalue weighted by molar-refractivity contribution is 7.10. The molecule has 1 aliphatic rings. The Morgan fingerprint density at radius 1 is 1.60 bits per heavy atom. The van der Waals surface area contributed by atoms with Gasteiger partial charge in [0, 0.05) is 4.88 Å². The van der Waals surface area contributed by atoms with Crippen LogP contribution in [0.1, 0.15) is 29.7 Å². The Bertz CT molecular complexity index is 257. The first kappa shape index (κ1) is 6.17. The summed E-state index contributed by atoms with van der Waals surface area (Å²) < 4.78 is 0. The first-order chi connectivity index (χ1) is 4.88. The summed E-state index contributed by atoms with van der Waals surface area (Å²) in [4.78, 5) is 1.56. The highest BCUT2D eigenvalue weighted by Gasteiger charge is 2.12. The molecule has 1 heterocycles. The van der Waals surface area contributed by atoms with E-state index in [-0.39, 0.29) is 0 Å². The van der Waals surface area contributed by atoms with Crippen LogP contribution in [-0.4, -0.2) is 0 Å². The molecular formula is C9H10S. The molecule has 10 heavy (non-hydrogen) atoms. The number of rotatable bonds is 0. The first-order valence-corrected chi connectivity index (χ1v) is 4.50. The zero-order valence-corrected chi connectivity index (χ0v) is 6.82. The lowest BCUT2D eigenvalue weighted by molar-refractivity contribution is 0.790. The highest BCUT2D eigenvalue weighted by atomic mass is 32.1. The van der Waals surface area contributed by atoms with Gasteiger partial charge < -0.3 is 0 Å². The molecule has 0 N–H and O–H groups in total. The van der Waals surface area contributed by atoms with E-state index in [1.807, 2.05) is 11.3 Å². The van der Waals surface area contributed by atoms with Crippen molar-refractivity contribution in [1.82, 2.24) is 0 Å². The van der Waals surface area contributed by atoms with Gasteiger partial charge >= 0.3 is 0 Å². The average Bonchev–Trinajstić information content (AvgIpc) is 2.36. The Hall–Kier alpha value is -0.560. The van der Waals surface area contributed by atoms with Gasteiger partial charge in [0.15, 0.2) is 0 Å². The summed E-state index contributed by atoms with van der Waals surface area (Å²) in [7, 11) is 0. The Kier molecular flexibility index (Phi) is 1.38. The lowest BCUT2D eigenvalue weighted by atomic mass is 9.97. The molecule has 0 saturated heterocycles. The maximum atomic E-state index is 2.29. The molecule has 1 aromatic heterocycles. The van der Waals surface area contributed by atoms with Crippen molar-refractivity contribution >= 4 is 17.4 Å². The monoisotopic (exact) mass is 150 g/mol. The summed E-state index contributed by atoms with van der Waals surface area (Å²) in [5, 5.41) is 2.18. The first-order valence-electron chi connectivity index (χ1n) is 3.62. The largest absolute Gasteiger partial charge is 0.148 e. The van der Waals surface area contributed by atoms with Gasteiger partial charge in [-0.25, -0.2) is 0 Å². The topological polar surface area (TPSA) is 0 Å². The van der Waals surface area contributed by atoms with E-state index >= 15 is 0 Å². The molecule has 0 radical (unpaired) electrons. The minimum atomic E-state index is 0.750. The number of thiophene rings is 1. The van der Waals surface area contributed by atoms with Crippen molar-refractivity contribution in [3.8, 4) is 0 Å². The van der Waals surface area contributed by atoms with Gasteiger partial charge in [-0.2, -0.15) is 0 Å². The molecule has 1 atom stereocenters. The Labute approximate surface area is 65.2 Å². The summed E-state index contributed by atoms with van der Waals surface area (Å²) in [6.45, 7) is 2.29. The summed E-state index contributed by atoms with van der Waals surface area (Å²) in [6, 6.07) is 2.20. The molecule has 1 heteroatoms. The molecule has 0 fully saturated rings. The lowest BCUT2D eigenvalue weighted by Gasteiger charge is -2.11. The lowest BCUT2D eigenvalue weighted by Crippen LogP contribution is -1.93. The summed E-state index contributed by atoms with van der Waals surface area (Å²) in [5.41, 5.74) is 1.43. The molecule has 0 spiro atoms. The van der Waals surface area contributed by atoms with E-state index in [4.69, 9.17) is 0 Å². The third kappa shape index (κ3) is 0.816. The summed E-state index contributed by atoms with van der Waals surface area (Å²) >= 11 is 1.88. The molecule has 0 amide bonds. The van der Waals surface area contributed by atoms with Crippen molar-refractivity contribution in [2.75, 3.05) is 0 Å². The van der Waals surface area contributed by atoms with E-state index in [2.05, 4.69) is 30.5 Å². The predicted octanol–water partition coefficient (Wildman–Crippen LogP) is 3.27. The second kappa shape index (κ2) is 2.24. The fourth-order valence-electron chi connectivity index (χ4n) is 1.38. The highest BCUT2D eigenvalue weighted by Crippen LogP contribution is 2.33. The van der Waals surface area contributed by atoms with Crippen LogP contribution < -0.4 is 0 Å². The van der Waals surface area contributed by atoms with Crippen LogP contribution in [-0.2, 0) is 0 Å². The van der Waals surface area contributed by atoms with E-state index in [9.17, 15) is 0 Å². The van der Waals surface area contributed by atoms with Crippen molar-refractivity contribution in [3.63, 3.8) is 0 Å². The quantitative estimate of drug-likeness (QED) is 0.532. The number of hydrogen-bond donors (Lipinski definition) is 0.